The summed E-state index contributed by atoms with van der Waals surface area (Å²) >= 11 is 0. The second kappa shape index (κ2) is 12.8. The highest BCUT2D eigenvalue weighted by atomic mass is 14.6. The molecule has 6 aromatic rings. The molecule has 0 fully saturated rings. The van der Waals surface area contributed by atoms with Gasteiger partial charge in [0.2, 0.25) is 0 Å². The van der Waals surface area contributed by atoms with Crippen molar-refractivity contribution in [1.29, 1.82) is 0 Å². The largest absolute Gasteiger partial charge is 0.399 e. The molecule has 0 aromatic heterocycles. The van der Waals surface area contributed by atoms with E-state index in [-0.39, 0.29) is 10.8 Å². The van der Waals surface area contributed by atoms with Crippen LogP contribution in [-0.4, -0.2) is 0 Å². The van der Waals surface area contributed by atoms with Crippen molar-refractivity contribution in [3.05, 3.63) is 191 Å². The molecule has 220 valence electrons. The molecule has 0 radical (unpaired) electrons. The predicted molar refractivity (Wildman–Crippen MR) is 187 cm³/mol. The van der Waals surface area contributed by atoms with Crippen molar-refractivity contribution in [3.8, 4) is 0 Å². The maximum Gasteiger partial charge on any atom is 0.0424 e. The minimum absolute atomic E-state index is 0.247. The van der Waals surface area contributed by atoms with Gasteiger partial charge in [-0.1, -0.05) is 109 Å². The van der Waals surface area contributed by atoms with Crippen LogP contribution >= 0.6 is 0 Å². The van der Waals surface area contributed by atoms with Gasteiger partial charge in [-0.25, -0.2) is 0 Å². The van der Waals surface area contributed by atoms with Crippen LogP contribution in [-0.2, 0) is 10.8 Å². The van der Waals surface area contributed by atoms with Crippen LogP contribution in [0.2, 0.25) is 0 Å². The van der Waals surface area contributed by atoms with E-state index in [4.69, 9.17) is 22.9 Å². The first-order chi connectivity index (χ1) is 21.2. The molecule has 44 heavy (non-hydrogen) atoms. The first-order valence-corrected chi connectivity index (χ1v) is 14.8. The van der Waals surface area contributed by atoms with Crippen molar-refractivity contribution in [2.24, 2.45) is 0 Å². The van der Waals surface area contributed by atoms with Crippen LogP contribution in [0.15, 0.2) is 158 Å². The summed E-state index contributed by atoms with van der Waals surface area (Å²) in [5.74, 6) is 0. The molecule has 0 aliphatic heterocycles. The number of hydrogen-bond donors (Lipinski definition) is 4. The van der Waals surface area contributed by atoms with E-state index >= 15 is 0 Å². The Kier molecular flexibility index (Phi) is 8.73. The Morgan fingerprint density at radius 1 is 0.295 bits per heavy atom. The SMILES string of the molecule is CC(c1ccccc1)(c1ccc(N)cc1)c1ccc(N)cc1.CC(c1ccccc1)(c1cccc(N)c1)c1cccc(N)c1. The zero-order valence-electron chi connectivity index (χ0n) is 25.3. The van der Waals surface area contributed by atoms with E-state index in [0.717, 1.165) is 33.9 Å². The quantitative estimate of drug-likeness (QED) is 0.118. The van der Waals surface area contributed by atoms with Gasteiger partial charge in [0, 0.05) is 33.6 Å². The van der Waals surface area contributed by atoms with Gasteiger partial charge in [0.05, 0.1) is 0 Å². The lowest BCUT2D eigenvalue weighted by atomic mass is 9.71. The van der Waals surface area contributed by atoms with Gasteiger partial charge in [0.25, 0.3) is 0 Å². The Bertz CT molecular complexity index is 1700. The monoisotopic (exact) mass is 576 g/mol. The van der Waals surface area contributed by atoms with E-state index in [2.05, 4.69) is 98.8 Å². The van der Waals surface area contributed by atoms with Gasteiger partial charge in [-0.15, -0.1) is 0 Å². The van der Waals surface area contributed by atoms with Crippen LogP contribution in [0.1, 0.15) is 47.2 Å². The molecule has 0 aliphatic carbocycles. The second-order valence-electron chi connectivity index (χ2n) is 11.5. The summed E-state index contributed by atoms with van der Waals surface area (Å²) < 4.78 is 0. The maximum atomic E-state index is 6.02. The second-order valence-corrected chi connectivity index (χ2v) is 11.5. The van der Waals surface area contributed by atoms with Gasteiger partial charge in [0.1, 0.15) is 0 Å². The molecule has 6 rings (SSSR count). The third-order valence-electron chi connectivity index (χ3n) is 8.61. The fourth-order valence-electron chi connectivity index (χ4n) is 5.88. The smallest absolute Gasteiger partial charge is 0.0424 e. The van der Waals surface area contributed by atoms with Crippen LogP contribution in [0.5, 0.6) is 0 Å². The molecule has 0 spiro atoms. The lowest BCUT2D eigenvalue weighted by molar-refractivity contribution is 0.693. The number of nitrogen functional groups attached to an aromatic ring is 4. The molecule has 0 amide bonds. The molecular formula is C40H40N4. The standard InChI is InChI=1S/2C20H20N2/c1-20(15-7-3-2-4-8-15,16-9-5-11-18(21)13-16)17-10-6-12-19(22)14-17;1-20(15-5-3-2-4-6-15,16-7-11-18(21)12-8-16)17-9-13-19(22)14-10-17/h2*2-14H,21-22H2,1H3. The maximum absolute atomic E-state index is 6.02. The topological polar surface area (TPSA) is 104 Å². The Hall–Kier alpha value is -5.48. The molecule has 0 atom stereocenters. The van der Waals surface area contributed by atoms with Crippen LogP contribution in [0.3, 0.4) is 0 Å². The number of rotatable bonds is 6. The normalized spacial score (nSPS) is 11.3. The fourth-order valence-corrected chi connectivity index (χ4v) is 5.88. The molecule has 0 aliphatic rings. The molecule has 4 nitrogen and oxygen atoms in total. The third-order valence-corrected chi connectivity index (χ3v) is 8.61. The van der Waals surface area contributed by atoms with Gasteiger partial charge in [-0.3, -0.25) is 0 Å². The van der Waals surface area contributed by atoms with E-state index in [1.54, 1.807) is 0 Å². The number of anilines is 4. The van der Waals surface area contributed by atoms with Gasteiger partial charge in [-0.05, 0) is 95.8 Å². The Morgan fingerprint density at radius 2 is 0.591 bits per heavy atom. The van der Waals surface area contributed by atoms with Crippen molar-refractivity contribution < 1.29 is 0 Å². The summed E-state index contributed by atoms with van der Waals surface area (Å²) in [6.45, 7) is 4.45. The van der Waals surface area contributed by atoms with Crippen LogP contribution in [0, 0.1) is 0 Å². The first-order valence-electron chi connectivity index (χ1n) is 14.8. The molecule has 0 heterocycles. The third kappa shape index (κ3) is 6.16. The highest BCUT2D eigenvalue weighted by molar-refractivity contribution is 5.57. The molecular weight excluding hydrogens is 536 g/mol. The average molecular weight is 577 g/mol. The van der Waals surface area contributed by atoms with Gasteiger partial charge < -0.3 is 22.9 Å². The summed E-state index contributed by atoms with van der Waals surface area (Å²) in [5.41, 5.74) is 33.5. The summed E-state index contributed by atoms with van der Waals surface area (Å²) in [6, 6.07) is 53.3. The lowest BCUT2D eigenvalue weighted by Crippen LogP contribution is -2.25. The van der Waals surface area contributed by atoms with Crippen molar-refractivity contribution in [1.82, 2.24) is 0 Å². The van der Waals surface area contributed by atoms with Crippen molar-refractivity contribution >= 4 is 22.7 Å². The van der Waals surface area contributed by atoms with Gasteiger partial charge >= 0.3 is 0 Å². The highest BCUT2D eigenvalue weighted by Crippen LogP contribution is 2.40. The van der Waals surface area contributed by atoms with E-state index < -0.39 is 0 Å². The number of hydrogen-bond acceptors (Lipinski definition) is 4. The molecule has 6 aromatic carbocycles. The number of nitrogens with two attached hydrogens (primary N) is 4. The molecule has 4 heteroatoms. The Labute approximate surface area is 261 Å². The Balaban J connectivity index is 0.000000175. The van der Waals surface area contributed by atoms with Crippen molar-refractivity contribution in [2.75, 3.05) is 22.9 Å². The lowest BCUT2D eigenvalue weighted by Gasteiger charge is -2.32. The van der Waals surface area contributed by atoms with Crippen LogP contribution in [0.25, 0.3) is 0 Å². The molecule has 8 N–H and O–H groups in total. The predicted octanol–water partition coefficient (Wildman–Crippen LogP) is 8.41. The molecule has 0 unspecified atom stereocenters. The zero-order chi connectivity index (χ0) is 31.2. The molecule has 0 saturated carbocycles. The fraction of sp³-hybridized carbons (Fsp3) is 0.100. The highest BCUT2D eigenvalue weighted by Gasteiger charge is 2.32. The first kappa shape index (κ1) is 30.0. The summed E-state index contributed by atoms with van der Waals surface area (Å²) in [6.07, 6.45) is 0. The van der Waals surface area contributed by atoms with Crippen molar-refractivity contribution in [2.45, 2.75) is 24.7 Å². The minimum atomic E-state index is -0.300. The van der Waals surface area contributed by atoms with Crippen LogP contribution < -0.4 is 22.9 Å². The molecule has 0 bridgehead atoms. The number of benzene rings is 6. The summed E-state index contributed by atoms with van der Waals surface area (Å²) in [5, 5.41) is 0. The van der Waals surface area contributed by atoms with E-state index in [0.29, 0.717) is 0 Å². The zero-order valence-corrected chi connectivity index (χ0v) is 25.3. The Morgan fingerprint density at radius 3 is 0.932 bits per heavy atom. The average Bonchev–Trinajstić information content (AvgIpc) is 3.06. The van der Waals surface area contributed by atoms with Gasteiger partial charge in [0.15, 0.2) is 0 Å². The van der Waals surface area contributed by atoms with Crippen LogP contribution in [0.4, 0.5) is 22.7 Å². The van der Waals surface area contributed by atoms with E-state index in [1.807, 2.05) is 72.8 Å². The summed E-state index contributed by atoms with van der Waals surface area (Å²) in [4.78, 5) is 0. The molecule has 0 saturated heterocycles. The summed E-state index contributed by atoms with van der Waals surface area (Å²) in [7, 11) is 0. The van der Waals surface area contributed by atoms with E-state index in [1.165, 1.54) is 22.3 Å². The van der Waals surface area contributed by atoms with Gasteiger partial charge in [-0.2, -0.15) is 0 Å². The van der Waals surface area contributed by atoms with E-state index in [9.17, 15) is 0 Å². The minimum Gasteiger partial charge on any atom is -0.399 e. The van der Waals surface area contributed by atoms with Crippen molar-refractivity contribution in [3.63, 3.8) is 0 Å².